The fraction of sp³-hybridized carbons (Fsp3) is 0.200. The van der Waals surface area contributed by atoms with Crippen LogP contribution in [0.2, 0.25) is 0 Å². The van der Waals surface area contributed by atoms with Gasteiger partial charge in [0.1, 0.15) is 0 Å². The quantitative estimate of drug-likeness (QED) is 0.671. The van der Waals surface area contributed by atoms with Crippen LogP contribution in [0.4, 0.5) is 11.4 Å². The molecule has 25 heavy (non-hydrogen) atoms. The second kappa shape index (κ2) is 7.49. The first-order valence-electron chi connectivity index (χ1n) is 8.23. The minimum atomic E-state index is 0.554. The van der Waals surface area contributed by atoms with E-state index in [9.17, 15) is 0 Å². The number of nitrogens with one attached hydrogen (secondary N) is 2. The van der Waals surface area contributed by atoms with Crippen molar-refractivity contribution in [1.82, 2.24) is 9.78 Å². The van der Waals surface area contributed by atoms with Crippen molar-refractivity contribution in [3.63, 3.8) is 0 Å². The molecule has 0 fully saturated rings. The lowest BCUT2D eigenvalue weighted by Gasteiger charge is -2.10. The van der Waals surface area contributed by atoms with Gasteiger partial charge in [0.05, 0.1) is 18.4 Å². The van der Waals surface area contributed by atoms with Crippen LogP contribution in [0.25, 0.3) is 0 Å². The number of hydrogen-bond donors (Lipinski definition) is 2. The van der Waals surface area contributed by atoms with Crippen LogP contribution in [0.15, 0.2) is 54.9 Å². The molecule has 0 spiro atoms. The minimum Gasteiger partial charge on any atom is -0.332 e. The lowest BCUT2D eigenvalue weighted by Crippen LogP contribution is -2.18. The lowest BCUT2D eigenvalue weighted by molar-refractivity contribution is 0.684. The van der Waals surface area contributed by atoms with Crippen molar-refractivity contribution < 1.29 is 0 Å². The van der Waals surface area contributed by atoms with E-state index >= 15 is 0 Å². The van der Waals surface area contributed by atoms with Gasteiger partial charge in [-0.15, -0.1) is 0 Å². The predicted molar refractivity (Wildman–Crippen MR) is 108 cm³/mol. The average molecular weight is 350 g/mol. The van der Waals surface area contributed by atoms with Gasteiger partial charge in [-0.25, -0.2) is 0 Å². The largest absolute Gasteiger partial charge is 0.332 e. The maximum absolute atomic E-state index is 5.39. The highest BCUT2D eigenvalue weighted by atomic mass is 32.1. The van der Waals surface area contributed by atoms with Crippen LogP contribution in [0.1, 0.15) is 22.3 Å². The van der Waals surface area contributed by atoms with Crippen molar-refractivity contribution in [2.24, 2.45) is 0 Å². The molecule has 1 heterocycles. The summed E-state index contributed by atoms with van der Waals surface area (Å²) in [7, 11) is 0. The number of anilines is 2. The highest BCUT2D eigenvalue weighted by molar-refractivity contribution is 7.80. The molecule has 3 aromatic rings. The number of nitrogens with zero attached hydrogens (tertiary/aromatic N) is 2. The van der Waals surface area contributed by atoms with Gasteiger partial charge in [-0.05, 0) is 67.4 Å². The molecule has 0 saturated carbocycles. The van der Waals surface area contributed by atoms with Crippen molar-refractivity contribution in [2.75, 3.05) is 10.6 Å². The topological polar surface area (TPSA) is 41.9 Å². The van der Waals surface area contributed by atoms with E-state index in [-0.39, 0.29) is 0 Å². The summed E-state index contributed by atoms with van der Waals surface area (Å²) in [4.78, 5) is 0. The predicted octanol–water partition coefficient (Wildman–Crippen LogP) is 4.67. The first-order valence-corrected chi connectivity index (χ1v) is 8.64. The first-order chi connectivity index (χ1) is 12.0. The third kappa shape index (κ3) is 4.45. The van der Waals surface area contributed by atoms with Gasteiger partial charge >= 0.3 is 0 Å². The Morgan fingerprint density at radius 2 is 1.72 bits per heavy atom. The monoisotopic (exact) mass is 350 g/mol. The van der Waals surface area contributed by atoms with Gasteiger partial charge in [-0.2, -0.15) is 5.10 Å². The van der Waals surface area contributed by atoms with Crippen LogP contribution in [-0.2, 0) is 6.54 Å². The maximum Gasteiger partial charge on any atom is 0.175 e. The van der Waals surface area contributed by atoms with Crippen molar-refractivity contribution in [3.8, 4) is 0 Å². The van der Waals surface area contributed by atoms with Gasteiger partial charge in [0, 0.05) is 11.9 Å². The molecular weight excluding hydrogens is 328 g/mol. The van der Waals surface area contributed by atoms with Crippen molar-refractivity contribution in [3.05, 3.63) is 77.1 Å². The molecule has 2 N–H and O–H groups in total. The zero-order valence-electron chi connectivity index (χ0n) is 14.7. The number of aryl methyl sites for hydroxylation is 3. The molecule has 1 aromatic heterocycles. The Labute approximate surface area is 153 Å². The van der Waals surface area contributed by atoms with Gasteiger partial charge in [0.2, 0.25) is 0 Å². The summed E-state index contributed by atoms with van der Waals surface area (Å²) in [6.07, 6.45) is 3.74. The molecule has 0 bridgehead atoms. The Hall–Kier alpha value is -2.66. The summed E-state index contributed by atoms with van der Waals surface area (Å²) >= 11 is 5.39. The highest BCUT2D eigenvalue weighted by Crippen LogP contribution is 2.15. The second-order valence-corrected chi connectivity index (χ2v) is 6.64. The normalized spacial score (nSPS) is 10.5. The van der Waals surface area contributed by atoms with E-state index in [2.05, 4.69) is 60.8 Å². The maximum atomic E-state index is 5.39. The zero-order chi connectivity index (χ0) is 17.8. The van der Waals surface area contributed by atoms with Crippen LogP contribution < -0.4 is 10.6 Å². The van der Waals surface area contributed by atoms with E-state index in [1.165, 1.54) is 22.3 Å². The van der Waals surface area contributed by atoms with Crippen molar-refractivity contribution in [1.29, 1.82) is 0 Å². The number of hydrogen-bond acceptors (Lipinski definition) is 2. The molecule has 2 aromatic carbocycles. The van der Waals surface area contributed by atoms with Crippen molar-refractivity contribution >= 4 is 28.7 Å². The number of benzene rings is 2. The molecule has 0 atom stereocenters. The second-order valence-electron chi connectivity index (χ2n) is 6.23. The van der Waals surface area contributed by atoms with E-state index in [0.717, 1.165) is 17.9 Å². The molecule has 0 unspecified atom stereocenters. The van der Waals surface area contributed by atoms with E-state index in [0.29, 0.717) is 5.11 Å². The standard InChI is InChI=1S/C20H22N4S/c1-14-8-9-18(10-16(14)3)22-20(25)23-19-11-21-24(13-19)12-17-7-5-4-6-15(17)2/h4-11,13H,12H2,1-3H3,(H2,22,23,25). The summed E-state index contributed by atoms with van der Waals surface area (Å²) in [5.74, 6) is 0. The molecule has 0 amide bonds. The van der Waals surface area contributed by atoms with Gasteiger partial charge in [0.15, 0.2) is 5.11 Å². The molecule has 0 aliphatic carbocycles. The summed E-state index contributed by atoms with van der Waals surface area (Å²) in [5.41, 5.74) is 6.87. The Morgan fingerprint density at radius 3 is 2.48 bits per heavy atom. The van der Waals surface area contributed by atoms with Crippen LogP contribution in [-0.4, -0.2) is 14.9 Å². The molecule has 0 aliphatic heterocycles. The molecule has 0 radical (unpaired) electrons. The van der Waals surface area contributed by atoms with E-state index in [4.69, 9.17) is 12.2 Å². The van der Waals surface area contributed by atoms with Crippen LogP contribution >= 0.6 is 12.2 Å². The SMILES string of the molecule is Cc1ccc(NC(=S)Nc2cnn(Cc3ccccc3C)c2)cc1C. The zero-order valence-corrected chi connectivity index (χ0v) is 15.5. The lowest BCUT2D eigenvalue weighted by atomic mass is 10.1. The molecule has 4 nitrogen and oxygen atoms in total. The van der Waals surface area contributed by atoms with Gasteiger partial charge in [-0.1, -0.05) is 30.3 Å². The fourth-order valence-corrected chi connectivity index (χ4v) is 2.82. The summed E-state index contributed by atoms with van der Waals surface area (Å²) < 4.78 is 1.91. The Kier molecular flexibility index (Phi) is 5.14. The van der Waals surface area contributed by atoms with E-state index < -0.39 is 0 Å². The molecular formula is C20H22N4S. The highest BCUT2D eigenvalue weighted by Gasteiger charge is 2.04. The van der Waals surface area contributed by atoms with E-state index in [1.54, 1.807) is 6.20 Å². The van der Waals surface area contributed by atoms with Gasteiger partial charge < -0.3 is 10.6 Å². The summed E-state index contributed by atoms with van der Waals surface area (Å²) in [5, 5.41) is 11.4. The minimum absolute atomic E-state index is 0.554. The molecule has 5 heteroatoms. The van der Waals surface area contributed by atoms with E-state index in [1.807, 2.05) is 29.1 Å². The molecule has 128 valence electrons. The van der Waals surface area contributed by atoms with Crippen LogP contribution in [0.3, 0.4) is 0 Å². The van der Waals surface area contributed by atoms with Crippen LogP contribution in [0, 0.1) is 20.8 Å². The Bertz CT molecular complexity index is 898. The summed E-state index contributed by atoms with van der Waals surface area (Å²) in [6, 6.07) is 14.5. The molecule has 0 saturated heterocycles. The smallest absolute Gasteiger partial charge is 0.175 e. The van der Waals surface area contributed by atoms with Gasteiger partial charge in [0.25, 0.3) is 0 Å². The number of thiocarbonyl (C=S) groups is 1. The Morgan fingerprint density at radius 1 is 0.960 bits per heavy atom. The fourth-order valence-electron chi connectivity index (χ4n) is 2.59. The molecule has 0 aliphatic rings. The Balaban J connectivity index is 1.61. The van der Waals surface area contributed by atoms with Crippen LogP contribution in [0.5, 0.6) is 0 Å². The average Bonchev–Trinajstić information content (AvgIpc) is 3.00. The molecule has 3 rings (SSSR count). The number of aromatic nitrogens is 2. The number of rotatable bonds is 4. The first kappa shape index (κ1) is 17.2. The van der Waals surface area contributed by atoms with Crippen molar-refractivity contribution in [2.45, 2.75) is 27.3 Å². The summed E-state index contributed by atoms with van der Waals surface area (Å²) in [6.45, 7) is 7.04. The third-order valence-corrected chi connectivity index (χ3v) is 4.45. The third-order valence-electron chi connectivity index (χ3n) is 4.25. The van der Waals surface area contributed by atoms with Gasteiger partial charge in [-0.3, -0.25) is 4.68 Å².